The molecule has 1 amide bonds. The van der Waals surface area contributed by atoms with Gasteiger partial charge in [-0.05, 0) is 31.0 Å². The van der Waals surface area contributed by atoms with Crippen molar-refractivity contribution >= 4 is 21.8 Å². The van der Waals surface area contributed by atoms with E-state index in [0.717, 1.165) is 42.3 Å². The van der Waals surface area contributed by atoms with Crippen LogP contribution in [0, 0.1) is 0 Å². The third-order valence-corrected chi connectivity index (χ3v) is 6.09. The summed E-state index contributed by atoms with van der Waals surface area (Å²) < 4.78 is 6.65. The van der Waals surface area contributed by atoms with Crippen LogP contribution < -0.4 is 0 Å². The summed E-state index contributed by atoms with van der Waals surface area (Å²) in [7, 11) is 0. The maximum absolute atomic E-state index is 12.6. The Balaban J connectivity index is 1.31. The molecule has 1 saturated heterocycles. The lowest BCUT2D eigenvalue weighted by atomic mass is 9.94. The first-order chi connectivity index (χ1) is 13.2. The van der Waals surface area contributed by atoms with Crippen LogP contribution in [0.15, 0.2) is 33.2 Å². The minimum atomic E-state index is 0.0720. The quantitative estimate of drug-likeness (QED) is 0.739. The van der Waals surface area contributed by atoms with Crippen molar-refractivity contribution in [2.45, 2.75) is 44.6 Å². The largest absolute Gasteiger partial charge is 0.420 e. The molecule has 1 aromatic carbocycles. The van der Waals surface area contributed by atoms with E-state index in [0.29, 0.717) is 11.8 Å². The standard InChI is InChI=1S/C20H25BrN4O2/c21-16-6-4-5-15(13-16)20-23-22-18(27-20)14-19(26)25-11-9-24(10-12-25)17-7-2-1-3-8-17/h4-6,13,17H,1-3,7-12,14H2. The molecule has 0 atom stereocenters. The number of nitrogens with zero attached hydrogens (tertiary/aromatic N) is 4. The van der Waals surface area contributed by atoms with E-state index in [1.165, 1.54) is 32.1 Å². The predicted octanol–water partition coefficient (Wildman–Crippen LogP) is 3.52. The molecule has 2 aromatic rings. The fourth-order valence-electron chi connectivity index (χ4n) is 4.09. The third-order valence-electron chi connectivity index (χ3n) is 5.60. The molecule has 4 rings (SSSR count). The second-order valence-electron chi connectivity index (χ2n) is 7.40. The van der Waals surface area contributed by atoms with Crippen LogP contribution >= 0.6 is 15.9 Å². The van der Waals surface area contributed by atoms with Crippen LogP contribution in [0.3, 0.4) is 0 Å². The highest BCUT2D eigenvalue weighted by atomic mass is 79.9. The number of carbonyl (C=O) groups is 1. The molecular formula is C20H25BrN4O2. The molecule has 27 heavy (non-hydrogen) atoms. The van der Waals surface area contributed by atoms with Gasteiger partial charge in [0.15, 0.2) is 0 Å². The van der Waals surface area contributed by atoms with Crippen molar-refractivity contribution in [3.8, 4) is 11.5 Å². The summed E-state index contributed by atoms with van der Waals surface area (Å²) in [5, 5.41) is 8.14. The van der Waals surface area contributed by atoms with Gasteiger partial charge in [-0.15, -0.1) is 10.2 Å². The first kappa shape index (κ1) is 18.6. The summed E-state index contributed by atoms with van der Waals surface area (Å²) in [6, 6.07) is 8.41. The molecule has 6 nitrogen and oxygen atoms in total. The second kappa shape index (κ2) is 8.52. The van der Waals surface area contributed by atoms with E-state index in [1.807, 2.05) is 29.2 Å². The second-order valence-corrected chi connectivity index (χ2v) is 8.31. The molecule has 144 valence electrons. The van der Waals surface area contributed by atoms with Gasteiger partial charge in [-0.3, -0.25) is 9.69 Å². The van der Waals surface area contributed by atoms with Gasteiger partial charge in [0, 0.05) is 42.3 Å². The van der Waals surface area contributed by atoms with Gasteiger partial charge in [0.05, 0.1) is 0 Å². The van der Waals surface area contributed by atoms with Crippen molar-refractivity contribution < 1.29 is 9.21 Å². The normalized spacial score (nSPS) is 19.4. The van der Waals surface area contributed by atoms with Gasteiger partial charge in [-0.25, -0.2) is 0 Å². The molecule has 2 aliphatic rings. The van der Waals surface area contributed by atoms with Crippen molar-refractivity contribution in [2.24, 2.45) is 0 Å². The minimum Gasteiger partial charge on any atom is -0.420 e. The number of amides is 1. The molecule has 1 saturated carbocycles. The molecule has 1 aliphatic carbocycles. The SMILES string of the molecule is O=C(Cc1nnc(-c2cccc(Br)c2)o1)N1CCN(C2CCCCC2)CC1. The lowest BCUT2D eigenvalue weighted by Gasteiger charge is -2.40. The topological polar surface area (TPSA) is 62.5 Å². The molecule has 0 bridgehead atoms. The Kier molecular flexibility index (Phi) is 5.88. The average Bonchev–Trinajstić information content (AvgIpc) is 3.17. The van der Waals surface area contributed by atoms with Crippen molar-refractivity contribution in [1.82, 2.24) is 20.0 Å². The van der Waals surface area contributed by atoms with Gasteiger partial charge >= 0.3 is 0 Å². The van der Waals surface area contributed by atoms with Crippen LogP contribution in [0.5, 0.6) is 0 Å². The summed E-state index contributed by atoms with van der Waals surface area (Å²) in [5.74, 6) is 0.897. The zero-order valence-electron chi connectivity index (χ0n) is 15.4. The first-order valence-corrected chi connectivity index (χ1v) is 10.6. The van der Waals surface area contributed by atoms with Crippen LogP contribution in [0.2, 0.25) is 0 Å². The molecule has 1 aromatic heterocycles. The lowest BCUT2D eigenvalue weighted by Crippen LogP contribution is -2.52. The molecule has 1 aliphatic heterocycles. The monoisotopic (exact) mass is 432 g/mol. The number of rotatable bonds is 4. The smallest absolute Gasteiger partial charge is 0.247 e. The van der Waals surface area contributed by atoms with Crippen LogP contribution in [0.25, 0.3) is 11.5 Å². The molecular weight excluding hydrogens is 408 g/mol. The van der Waals surface area contributed by atoms with Gasteiger partial charge < -0.3 is 9.32 Å². The van der Waals surface area contributed by atoms with Crippen molar-refractivity contribution in [2.75, 3.05) is 26.2 Å². The Bertz CT molecular complexity index is 780. The van der Waals surface area contributed by atoms with Crippen LogP contribution in [0.4, 0.5) is 0 Å². The number of halogens is 1. The third kappa shape index (κ3) is 4.58. The van der Waals surface area contributed by atoms with E-state index < -0.39 is 0 Å². The first-order valence-electron chi connectivity index (χ1n) is 9.79. The molecule has 2 fully saturated rings. The molecule has 0 spiro atoms. The summed E-state index contributed by atoms with van der Waals surface area (Å²) in [6.07, 6.45) is 6.87. The molecule has 0 N–H and O–H groups in total. The summed E-state index contributed by atoms with van der Waals surface area (Å²) in [4.78, 5) is 17.1. The van der Waals surface area contributed by atoms with Crippen molar-refractivity contribution in [1.29, 1.82) is 0 Å². The fraction of sp³-hybridized carbons (Fsp3) is 0.550. The van der Waals surface area contributed by atoms with E-state index in [-0.39, 0.29) is 12.3 Å². The molecule has 7 heteroatoms. The number of piperazine rings is 1. The number of carbonyl (C=O) groups excluding carboxylic acids is 1. The predicted molar refractivity (Wildman–Crippen MR) is 106 cm³/mol. The zero-order chi connectivity index (χ0) is 18.6. The number of hydrogen-bond donors (Lipinski definition) is 0. The average molecular weight is 433 g/mol. The summed E-state index contributed by atoms with van der Waals surface area (Å²) in [5.41, 5.74) is 0.844. The Labute approximate surface area is 168 Å². The van der Waals surface area contributed by atoms with Crippen LogP contribution in [-0.4, -0.2) is 58.1 Å². The number of benzene rings is 1. The van der Waals surface area contributed by atoms with E-state index in [9.17, 15) is 4.79 Å². The summed E-state index contributed by atoms with van der Waals surface area (Å²) in [6.45, 7) is 3.54. The highest BCUT2D eigenvalue weighted by Crippen LogP contribution is 2.24. The van der Waals surface area contributed by atoms with Crippen LogP contribution in [-0.2, 0) is 11.2 Å². The fourth-order valence-corrected chi connectivity index (χ4v) is 4.49. The highest BCUT2D eigenvalue weighted by Gasteiger charge is 2.27. The zero-order valence-corrected chi connectivity index (χ0v) is 17.0. The van der Waals surface area contributed by atoms with E-state index in [1.54, 1.807) is 0 Å². The van der Waals surface area contributed by atoms with E-state index >= 15 is 0 Å². The number of hydrogen-bond acceptors (Lipinski definition) is 5. The van der Waals surface area contributed by atoms with E-state index in [2.05, 4.69) is 31.0 Å². The van der Waals surface area contributed by atoms with E-state index in [4.69, 9.17) is 4.42 Å². The Morgan fingerprint density at radius 3 is 2.63 bits per heavy atom. The Morgan fingerprint density at radius 1 is 1.11 bits per heavy atom. The van der Waals surface area contributed by atoms with Crippen molar-refractivity contribution in [3.05, 3.63) is 34.6 Å². The van der Waals surface area contributed by atoms with Gasteiger partial charge in [-0.2, -0.15) is 0 Å². The Morgan fingerprint density at radius 2 is 1.89 bits per heavy atom. The molecule has 2 heterocycles. The maximum Gasteiger partial charge on any atom is 0.247 e. The molecule has 0 radical (unpaired) electrons. The Hall–Kier alpha value is -1.73. The van der Waals surface area contributed by atoms with Gasteiger partial charge in [0.2, 0.25) is 17.7 Å². The lowest BCUT2D eigenvalue weighted by molar-refractivity contribution is -0.133. The molecule has 0 unspecified atom stereocenters. The van der Waals surface area contributed by atoms with Gasteiger partial charge in [0.1, 0.15) is 6.42 Å². The van der Waals surface area contributed by atoms with Gasteiger partial charge in [0.25, 0.3) is 0 Å². The summed E-state index contributed by atoms with van der Waals surface area (Å²) >= 11 is 3.44. The van der Waals surface area contributed by atoms with Gasteiger partial charge in [-0.1, -0.05) is 41.3 Å². The minimum absolute atomic E-state index is 0.0720. The van der Waals surface area contributed by atoms with Crippen molar-refractivity contribution in [3.63, 3.8) is 0 Å². The van der Waals surface area contributed by atoms with Crippen LogP contribution in [0.1, 0.15) is 38.0 Å². The highest BCUT2D eigenvalue weighted by molar-refractivity contribution is 9.10. The maximum atomic E-state index is 12.6. The number of aromatic nitrogens is 2.